The second kappa shape index (κ2) is 10.7. The van der Waals surface area contributed by atoms with E-state index in [-0.39, 0.29) is 17.4 Å². The largest absolute Gasteiger partial charge is 0.490 e. The van der Waals surface area contributed by atoms with Crippen LogP contribution in [0.2, 0.25) is 5.02 Å². The molecule has 5 atom stereocenters. The van der Waals surface area contributed by atoms with Crippen molar-refractivity contribution in [3.63, 3.8) is 0 Å². The number of amides is 1. The number of aliphatic hydroxyl groups excluding tert-OH is 1. The van der Waals surface area contributed by atoms with Crippen LogP contribution in [0.1, 0.15) is 66.9 Å². The molecular weight excluding hydrogens is 548 g/mol. The fourth-order valence-corrected chi connectivity index (χ4v) is 8.05. The van der Waals surface area contributed by atoms with Crippen LogP contribution < -0.4 is 14.4 Å². The third kappa shape index (κ3) is 5.26. The third-order valence-corrected chi connectivity index (χ3v) is 11.4. The number of sulfonamides is 1. The number of aliphatic hydroxyl groups is 1. The molecule has 214 valence electrons. The number of halogens is 1. The fourth-order valence-electron chi connectivity index (χ4n) is 6.83. The van der Waals surface area contributed by atoms with Gasteiger partial charge in [-0.15, -0.1) is 0 Å². The van der Waals surface area contributed by atoms with Gasteiger partial charge < -0.3 is 14.7 Å². The van der Waals surface area contributed by atoms with Gasteiger partial charge in [-0.3, -0.25) is 4.79 Å². The standard InChI is InChI=1S/C31H37ClN2O5S/c1-20-4-10-26(35)11-7-21-5-6-24(21)17-34-18-31(14-2-3-22-15-25(32)9-12-27(22)31)19-39-29-13-8-23(16-28(29)34)30(36)33-40(20,37)38/h7-9,11-13,15-16,20-21,24,26,35H,2-6,10,14,17-19H2,1H3,(H,33,36)/b11-7+/t20-,21+,24+,26+,31+/m1/s1. The molecular formula is C31H37ClN2O5S. The van der Waals surface area contributed by atoms with E-state index in [1.807, 2.05) is 12.1 Å². The zero-order valence-corrected chi connectivity index (χ0v) is 24.4. The minimum absolute atomic E-state index is 0.232. The fraction of sp³-hybridized carbons (Fsp3) is 0.516. The van der Waals surface area contributed by atoms with Gasteiger partial charge in [0.15, 0.2) is 0 Å². The van der Waals surface area contributed by atoms with Crippen LogP contribution in [0, 0.1) is 11.8 Å². The average Bonchev–Trinajstić information content (AvgIpc) is 3.06. The summed E-state index contributed by atoms with van der Waals surface area (Å²) in [6.45, 7) is 3.60. The molecule has 1 amide bonds. The molecule has 2 N–H and O–H groups in total. The predicted octanol–water partition coefficient (Wildman–Crippen LogP) is 5.00. The Morgan fingerprint density at radius 2 is 1.95 bits per heavy atom. The molecule has 2 bridgehead atoms. The van der Waals surface area contributed by atoms with Gasteiger partial charge in [0.2, 0.25) is 10.0 Å². The molecule has 0 unspecified atom stereocenters. The molecule has 40 heavy (non-hydrogen) atoms. The summed E-state index contributed by atoms with van der Waals surface area (Å²) in [5.74, 6) is 0.801. The molecule has 1 fully saturated rings. The summed E-state index contributed by atoms with van der Waals surface area (Å²) >= 11 is 6.37. The quantitative estimate of drug-likeness (QED) is 0.423. The van der Waals surface area contributed by atoms with Gasteiger partial charge in [0, 0.05) is 29.1 Å². The molecule has 4 aliphatic rings. The van der Waals surface area contributed by atoms with E-state index < -0.39 is 27.3 Å². The van der Waals surface area contributed by atoms with E-state index in [0.29, 0.717) is 30.6 Å². The van der Waals surface area contributed by atoms with E-state index in [2.05, 4.69) is 27.8 Å². The van der Waals surface area contributed by atoms with Gasteiger partial charge in [-0.2, -0.15) is 0 Å². The monoisotopic (exact) mass is 584 g/mol. The van der Waals surface area contributed by atoms with Crippen molar-refractivity contribution in [3.05, 3.63) is 70.3 Å². The van der Waals surface area contributed by atoms with Gasteiger partial charge in [0.1, 0.15) is 5.75 Å². The first-order valence-electron chi connectivity index (χ1n) is 14.4. The molecule has 2 aliphatic heterocycles. The van der Waals surface area contributed by atoms with Crippen LogP contribution in [0.5, 0.6) is 5.75 Å². The topological polar surface area (TPSA) is 95.9 Å². The van der Waals surface area contributed by atoms with Crippen LogP contribution in [0.3, 0.4) is 0 Å². The minimum Gasteiger partial charge on any atom is -0.490 e. The Morgan fingerprint density at radius 1 is 1.10 bits per heavy atom. The lowest BCUT2D eigenvalue weighted by Gasteiger charge is -2.44. The van der Waals surface area contributed by atoms with E-state index in [1.165, 1.54) is 11.1 Å². The van der Waals surface area contributed by atoms with Crippen molar-refractivity contribution in [1.82, 2.24) is 4.72 Å². The Hall–Kier alpha value is -2.55. The molecule has 1 spiro atoms. The first-order chi connectivity index (χ1) is 19.1. The van der Waals surface area contributed by atoms with Crippen molar-refractivity contribution in [2.24, 2.45) is 11.8 Å². The van der Waals surface area contributed by atoms with Crippen LogP contribution >= 0.6 is 11.6 Å². The van der Waals surface area contributed by atoms with Crippen LogP contribution in [-0.4, -0.2) is 50.5 Å². The zero-order chi connectivity index (χ0) is 28.1. The van der Waals surface area contributed by atoms with Crippen LogP contribution in [0.4, 0.5) is 5.69 Å². The summed E-state index contributed by atoms with van der Waals surface area (Å²) in [6, 6.07) is 11.4. The number of aryl methyl sites for hydroxylation is 1. The lowest BCUT2D eigenvalue weighted by molar-refractivity contribution is 0.0981. The number of hydrogen-bond acceptors (Lipinski definition) is 6. The smallest absolute Gasteiger partial charge is 0.264 e. The molecule has 9 heteroatoms. The highest BCUT2D eigenvalue weighted by Gasteiger charge is 2.43. The van der Waals surface area contributed by atoms with Crippen molar-refractivity contribution < 1.29 is 23.1 Å². The number of nitrogens with one attached hydrogen (secondary N) is 1. The van der Waals surface area contributed by atoms with Gasteiger partial charge in [0.25, 0.3) is 5.91 Å². The van der Waals surface area contributed by atoms with Crippen LogP contribution in [0.25, 0.3) is 0 Å². The summed E-state index contributed by atoms with van der Waals surface area (Å²) in [5, 5.41) is 10.5. The average molecular weight is 585 g/mol. The number of benzene rings is 2. The number of carbonyl (C=O) groups is 1. The van der Waals surface area contributed by atoms with Crippen LogP contribution in [0.15, 0.2) is 48.6 Å². The predicted molar refractivity (Wildman–Crippen MR) is 157 cm³/mol. The molecule has 2 heterocycles. The maximum atomic E-state index is 13.2. The summed E-state index contributed by atoms with van der Waals surface area (Å²) < 4.78 is 34.6. The summed E-state index contributed by atoms with van der Waals surface area (Å²) in [5.41, 5.74) is 3.41. The van der Waals surface area contributed by atoms with E-state index in [0.717, 1.165) is 55.9 Å². The summed E-state index contributed by atoms with van der Waals surface area (Å²) in [7, 11) is -3.91. The maximum Gasteiger partial charge on any atom is 0.264 e. The molecule has 1 saturated carbocycles. The Balaban J connectivity index is 1.42. The Labute approximate surface area is 241 Å². The molecule has 0 saturated heterocycles. The Bertz CT molecular complexity index is 1440. The highest BCUT2D eigenvalue weighted by Crippen LogP contribution is 2.46. The van der Waals surface area contributed by atoms with E-state index in [1.54, 1.807) is 25.1 Å². The highest BCUT2D eigenvalue weighted by molar-refractivity contribution is 7.90. The Kier molecular flexibility index (Phi) is 7.38. The lowest BCUT2D eigenvalue weighted by Crippen LogP contribution is -2.48. The molecule has 0 radical (unpaired) electrons. The lowest BCUT2D eigenvalue weighted by atomic mass is 9.69. The SMILES string of the molecule is C[C@@H]1CC[C@H](O)/C=C/[C@@H]2CC[C@H]2CN2C[C@@]3(CCCc4cc(Cl)ccc43)COc3ccc(cc32)C(=O)NS1(=O)=O. The molecule has 2 aromatic carbocycles. The van der Waals surface area contributed by atoms with E-state index in [9.17, 15) is 18.3 Å². The summed E-state index contributed by atoms with van der Waals surface area (Å²) in [6.07, 6.45) is 8.94. The second-order valence-electron chi connectivity index (χ2n) is 12.1. The second-order valence-corrected chi connectivity index (χ2v) is 14.6. The van der Waals surface area contributed by atoms with Gasteiger partial charge >= 0.3 is 0 Å². The van der Waals surface area contributed by atoms with Crippen molar-refractivity contribution in [1.29, 1.82) is 0 Å². The number of rotatable bonds is 0. The summed E-state index contributed by atoms with van der Waals surface area (Å²) in [4.78, 5) is 15.6. The maximum absolute atomic E-state index is 13.2. The van der Waals surface area contributed by atoms with Crippen molar-refractivity contribution in [2.75, 3.05) is 24.6 Å². The highest BCUT2D eigenvalue weighted by atomic mass is 35.5. The number of allylic oxidation sites excluding steroid dienone is 1. The van der Waals surface area contributed by atoms with Crippen LogP contribution in [-0.2, 0) is 21.9 Å². The molecule has 6 rings (SSSR count). The van der Waals surface area contributed by atoms with Crippen molar-refractivity contribution in [2.45, 2.75) is 68.6 Å². The first-order valence-corrected chi connectivity index (χ1v) is 16.3. The van der Waals surface area contributed by atoms with Gasteiger partial charge in [-0.05, 0) is 105 Å². The number of anilines is 1. The van der Waals surface area contributed by atoms with Crippen molar-refractivity contribution in [3.8, 4) is 5.75 Å². The van der Waals surface area contributed by atoms with Gasteiger partial charge in [0.05, 0.1) is 23.6 Å². The zero-order valence-electron chi connectivity index (χ0n) is 22.8. The number of nitrogens with zero attached hydrogens (tertiary/aromatic N) is 1. The first kappa shape index (κ1) is 27.6. The molecule has 2 aliphatic carbocycles. The van der Waals surface area contributed by atoms with Gasteiger partial charge in [-0.25, -0.2) is 13.1 Å². The molecule has 2 aromatic rings. The van der Waals surface area contributed by atoms with E-state index >= 15 is 0 Å². The number of ether oxygens (including phenoxy) is 1. The number of fused-ring (bicyclic) bond motifs is 4. The molecule has 7 nitrogen and oxygen atoms in total. The number of carbonyl (C=O) groups excluding carboxylic acids is 1. The molecule has 0 aromatic heterocycles. The van der Waals surface area contributed by atoms with Gasteiger partial charge in [-0.1, -0.05) is 29.8 Å². The van der Waals surface area contributed by atoms with E-state index in [4.69, 9.17) is 16.3 Å². The minimum atomic E-state index is -3.91. The third-order valence-electron chi connectivity index (χ3n) is 9.44. The number of hydrogen-bond donors (Lipinski definition) is 2. The Morgan fingerprint density at radius 3 is 2.75 bits per heavy atom. The van der Waals surface area contributed by atoms with Crippen molar-refractivity contribution >= 4 is 33.2 Å². The normalized spacial score (nSPS) is 32.5.